The molecule has 1 spiro atoms. The molecule has 8 aromatic rings. The molecule has 3 aliphatic rings. The smallest absolute Gasteiger partial charge is 0.0731 e. The maximum atomic E-state index is 2.40. The lowest BCUT2D eigenvalue weighted by molar-refractivity contribution is 0.775. The number of rotatable bonds is 1. The number of fused-ring (bicyclic) bond motifs is 11. The highest BCUT2D eigenvalue weighted by Crippen LogP contribution is 2.64. The van der Waals surface area contributed by atoms with Gasteiger partial charge in [-0.15, -0.1) is 0 Å². The van der Waals surface area contributed by atoms with E-state index in [9.17, 15) is 0 Å². The van der Waals surface area contributed by atoms with Crippen LogP contribution in [0.4, 0.5) is 0 Å². The van der Waals surface area contributed by atoms with E-state index in [4.69, 9.17) is 0 Å². The second-order valence-corrected chi connectivity index (χ2v) is 13.8. The summed E-state index contributed by atoms with van der Waals surface area (Å²) >= 11 is 1.90. The first-order valence-electron chi connectivity index (χ1n) is 16.0. The van der Waals surface area contributed by atoms with E-state index in [1.54, 1.807) is 0 Å². The van der Waals surface area contributed by atoms with E-state index < -0.39 is 5.41 Å². The van der Waals surface area contributed by atoms with Gasteiger partial charge in [-0.05, 0) is 95.1 Å². The quantitative estimate of drug-likeness (QED) is 0.181. The second-order valence-electron chi connectivity index (χ2n) is 12.7. The highest BCUT2D eigenvalue weighted by atomic mass is 32.2. The van der Waals surface area contributed by atoms with E-state index in [0.717, 1.165) is 0 Å². The third-order valence-electron chi connectivity index (χ3n) is 10.7. The van der Waals surface area contributed by atoms with E-state index in [2.05, 4.69) is 158 Å². The van der Waals surface area contributed by atoms with Gasteiger partial charge in [-0.25, -0.2) is 0 Å². The molecule has 0 saturated carbocycles. The zero-order valence-electron chi connectivity index (χ0n) is 24.9. The third kappa shape index (κ3) is 2.93. The van der Waals surface area contributed by atoms with Gasteiger partial charge in [-0.3, -0.25) is 0 Å². The van der Waals surface area contributed by atoms with Gasteiger partial charge in [0.15, 0.2) is 0 Å². The monoisotopic (exact) mass is 598 g/mol. The summed E-state index contributed by atoms with van der Waals surface area (Å²) < 4.78 is 0. The molecule has 8 aromatic carbocycles. The number of benzene rings is 8. The Kier molecular flexibility index (Phi) is 4.80. The molecule has 0 N–H and O–H groups in total. The van der Waals surface area contributed by atoms with Crippen LogP contribution in [0.5, 0.6) is 0 Å². The average Bonchev–Trinajstić information content (AvgIpc) is 3.42. The Labute approximate surface area is 272 Å². The molecular formula is C45H26S. The Hall–Kier alpha value is -5.37. The van der Waals surface area contributed by atoms with E-state index in [-0.39, 0.29) is 0 Å². The minimum absolute atomic E-state index is 0.461. The molecule has 0 aromatic heterocycles. The molecule has 2 aliphatic carbocycles. The van der Waals surface area contributed by atoms with Gasteiger partial charge in [-0.2, -0.15) is 0 Å². The van der Waals surface area contributed by atoms with Gasteiger partial charge < -0.3 is 0 Å². The number of hydrogen-bond donors (Lipinski definition) is 0. The Morgan fingerprint density at radius 2 is 0.848 bits per heavy atom. The minimum Gasteiger partial charge on any atom is -0.0888 e. The molecular weight excluding hydrogens is 573 g/mol. The summed E-state index contributed by atoms with van der Waals surface area (Å²) in [5.74, 6) is 0. The van der Waals surface area contributed by atoms with Crippen LogP contribution in [-0.4, -0.2) is 0 Å². The summed E-state index contributed by atoms with van der Waals surface area (Å²) in [5, 5.41) is 5.32. The van der Waals surface area contributed by atoms with Gasteiger partial charge >= 0.3 is 0 Å². The van der Waals surface area contributed by atoms with Crippen LogP contribution in [0.15, 0.2) is 168 Å². The van der Waals surface area contributed by atoms with Crippen molar-refractivity contribution in [1.82, 2.24) is 0 Å². The molecule has 0 radical (unpaired) electrons. The summed E-state index contributed by atoms with van der Waals surface area (Å²) in [4.78, 5) is 2.66. The Morgan fingerprint density at radius 3 is 1.65 bits per heavy atom. The van der Waals surface area contributed by atoms with Gasteiger partial charge in [0, 0.05) is 15.2 Å². The Balaban J connectivity index is 1.36. The molecule has 1 aliphatic heterocycles. The largest absolute Gasteiger partial charge is 0.0888 e. The van der Waals surface area contributed by atoms with Gasteiger partial charge in [0.05, 0.1) is 5.41 Å². The zero-order valence-corrected chi connectivity index (χ0v) is 25.7. The van der Waals surface area contributed by atoms with Crippen molar-refractivity contribution in [2.45, 2.75) is 15.2 Å². The molecule has 1 heteroatoms. The lowest BCUT2D eigenvalue weighted by atomic mass is 9.60. The highest BCUT2D eigenvalue weighted by Gasteiger charge is 2.51. The second kappa shape index (κ2) is 8.88. The molecule has 1 atom stereocenters. The summed E-state index contributed by atoms with van der Waals surface area (Å²) in [6.07, 6.45) is 0. The fourth-order valence-electron chi connectivity index (χ4n) is 9.03. The van der Waals surface area contributed by atoms with Crippen LogP contribution in [0, 0.1) is 0 Å². The van der Waals surface area contributed by atoms with Crippen molar-refractivity contribution in [3.63, 3.8) is 0 Å². The van der Waals surface area contributed by atoms with E-state index in [1.807, 2.05) is 11.8 Å². The van der Waals surface area contributed by atoms with Crippen LogP contribution in [-0.2, 0) is 5.41 Å². The van der Waals surface area contributed by atoms with E-state index in [0.29, 0.717) is 0 Å². The Morgan fingerprint density at radius 1 is 0.326 bits per heavy atom. The van der Waals surface area contributed by atoms with Crippen LogP contribution < -0.4 is 0 Å². The normalized spacial score (nSPS) is 16.3. The molecule has 0 fully saturated rings. The van der Waals surface area contributed by atoms with Crippen LogP contribution in [0.1, 0.15) is 22.3 Å². The molecule has 11 rings (SSSR count). The van der Waals surface area contributed by atoms with Crippen LogP contribution in [0.2, 0.25) is 0 Å². The SMILES string of the molecule is c1ccc2c(c1)Sc1cccc3ccc(-c4cccc5c4C4(c6ccccc6-5)c5ccccc5-c5cccc6cccc4c56)c-2c13. The molecule has 0 saturated heterocycles. The lowest BCUT2D eigenvalue weighted by Crippen LogP contribution is -2.32. The lowest BCUT2D eigenvalue weighted by Gasteiger charge is -2.41. The van der Waals surface area contributed by atoms with Crippen LogP contribution >= 0.6 is 11.8 Å². The molecule has 46 heavy (non-hydrogen) atoms. The van der Waals surface area contributed by atoms with Gasteiger partial charge in [0.1, 0.15) is 0 Å². The Bertz CT molecular complexity index is 2620. The average molecular weight is 599 g/mol. The summed E-state index contributed by atoms with van der Waals surface area (Å²) in [5.41, 5.74) is 15.7. The first-order valence-corrected chi connectivity index (χ1v) is 16.8. The molecule has 1 unspecified atom stereocenters. The van der Waals surface area contributed by atoms with Crippen molar-refractivity contribution >= 4 is 33.3 Å². The van der Waals surface area contributed by atoms with Crippen molar-refractivity contribution in [2.24, 2.45) is 0 Å². The maximum absolute atomic E-state index is 2.40. The van der Waals surface area contributed by atoms with Crippen molar-refractivity contribution in [3.05, 3.63) is 180 Å². The van der Waals surface area contributed by atoms with Gasteiger partial charge in [0.25, 0.3) is 0 Å². The maximum Gasteiger partial charge on any atom is 0.0731 e. The van der Waals surface area contributed by atoms with Crippen LogP contribution in [0.3, 0.4) is 0 Å². The van der Waals surface area contributed by atoms with E-state index in [1.165, 1.54) is 98.1 Å². The number of hydrogen-bond acceptors (Lipinski definition) is 1. The molecule has 0 amide bonds. The predicted octanol–water partition coefficient (Wildman–Crippen LogP) is 12.1. The van der Waals surface area contributed by atoms with Crippen molar-refractivity contribution in [3.8, 4) is 44.5 Å². The topological polar surface area (TPSA) is 0 Å². The fraction of sp³-hybridized carbons (Fsp3) is 0.0222. The van der Waals surface area contributed by atoms with Gasteiger partial charge in [-0.1, -0.05) is 157 Å². The summed E-state index contributed by atoms with van der Waals surface area (Å²) in [6.45, 7) is 0. The standard InChI is InChI=1S/C45H26S/c1-4-20-36-29(14-1)31-17-7-11-27-12-8-22-38(41(27)31)45(36)37-21-5-2-15-30(37)33-18-10-19-34(44(33)45)32-26-25-28-13-9-24-40-42(28)43(32)35-16-3-6-23-39(35)46-40/h1-26H. The van der Waals surface area contributed by atoms with Crippen molar-refractivity contribution < 1.29 is 0 Å². The zero-order chi connectivity index (χ0) is 30.0. The summed E-state index contributed by atoms with van der Waals surface area (Å²) in [6, 6.07) is 59.5. The minimum atomic E-state index is -0.461. The van der Waals surface area contributed by atoms with Crippen molar-refractivity contribution in [1.29, 1.82) is 0 Å². The van der Waals surface area contributed by atoms with Gasteiger partial charge in [0.2, 0.25) is 0 Å². The van der Waals surface area contributed by atoms with Crippen LogP contribution in [0.25, 0.3) is 66.1 Å². The predicted molar refractivity (Wildman–Crippen MR) is 193 cm³/mol. The molecule has 0 bridgehead atoms. The van der Waals surface area contributed by atoms with E-state index >= 15 is 0 Å². The molecule has 212 valence electrons. The summed E-state index contributed by atoms with van der Waals surface area (Å²) in [7, 11) is 0. The molecule has 0 nitrogen and oxygen atoms in total. The highest BCUT2D eigenvalue weighted by molar-refractivity contribution is 7.99. The third-order valence-corrected chi connectivity index (χ3v) is 11.8. The first-order chi connectivity index (χ1) is 22.8. The molecule has 1 heterocycles. The van der Waals surface area contributed by atoms with Crippen molar-refractivity contribution in [2.75, 3.05) is 0 Å². The fourth-order valence-corrected chi connectivity index (χ4v) is 10.2. The first kappa shape index (κ1) is 24.9.